The number of nitrogens with zero attached hydrogens (tertiary/aromatic N) is 2. The average molecular weight is 273 g/mol. The van der Waals surface area contributed by atoms with Crippen molar-refractivity contribution in [2.45, 2.75) is 32.9 Å². The molecule has 0 fully saturated rings. The number of aliphatic hydroxyl groups is 1. The summed E-state index contributed by atoms with van der Waals surface area (Å²) in [6.45, 7) is 6.29. The Labute approximate surface area is 120 Å². The molecule has 1 aromatic carbocycles. The first-order valence-electron chi connectivity index (χ1n) is 6.96. The molecule has 0 radical (unpaired) electrons. The highest BCUT2D eigenvalue weighted by atomic mass is 16.3. The number of aliphatic hydroxyl groups excluding tert-OH is 1. The van der Waals surface area contributed by atoms with E-state index in [4.69, 9.17) is 0 Å². The lowest BCUT2D eigenvalue weighted by molar-refractivity contribution is 0.235. The van der Waals surface area contributed by atoms with Gasteiger partial charge in [0.25, 0.3) is 0 Å². The van der Waals surface area contributed by atoms with Crippen molar-refractivity contribution in [3.8, 4) is 0 Å². The van der Waals surface area contributed by atoms with Gasteiger partial charge in [0.1, 0.15) is 0 Å². The monoisotopic (exact) mass is 273 g/mol. The van der Waals surface area contributed by atoms with E-state index in [-0.39, 0.29) is 18.7 Å². The molecule has 0 saturated heterocycles. The smallest absolute Gasteiger partial charge is 0.0644 e. The molecule has 1 aromatic heterocycles. The molecule has 4 nitrogen and oxygen atoms in total. The molecule has 2 rings (SSSR count). The van der Waals surface area contributed by atoms with Gasteiger partial charge in [0.15, 0.2) is 0 Å². The van der Waals surface area contributed by atoms with Crippen LogP contribution in [0.1, 0.15) is 41.5 Å². The van der Waals surface area contributed by atoms with Crippen molar-refractivity contribution in [2.24, 2.45) is 7.05 Å². The first-order valence-corrected chi connectivity index (χ1v) is 6.96. The summed E-state index contributed by atoms with van der Waals surface area (Å²) in [6.07, 6.45) is 0. The Bertz CT molecular complexity index is 563. The summed E-state index contributed by atoms with van der Waals surface area (Å²) in [7, 11) is 1.96. The fourth-order valence-electron chi connectivity index (χ4n) is 2.74. The molecule has 0 aliphatic carbocycles. The maximum atomic E-state index is 9.64. The highest BCUT2D eigenvalue weighted by Gasteiger charge is 2.19. The van der Waals surface area contributed by atoms with Gasteiger partial charge in [0, 0.05) is 24.3 Å². The van der Waals surface area contributed by atoms with E-state index in [2.05, 4.69) is 24.3 Å². The molecule has 4 heteroatoms. The van der Waals surface area contributed by atoms with E-state index >= 15 is 0 Å². The van der Waals surface area contributed by atoms with Gasteiger partial charge >= 0.3 is 0 Å². The summed E-state index contributed by atoms with van der Waals surface area (Å²) in [6, 6.07) is 10.1. The average Bonchev–Trinajstić information content (AvgIpc) is 2.70. The van der Waals surface area contributed by atoms with Crippen molar-refractivity contribution in [1.82, 2.24) is 15.1 Å². The highest BCUT2D eigenvalue weighted by molar-refractivity contribution is 5.28. The van der Waals surface area contributed by atoms with Gasteiger partial charge in [-0.25, -0.2) is 0 Å². The second kappa shape index (κ2) is 6.20. The van der Waals surface area contributed by atoms with Crippen LogP contribution in [-0.4, -0.2) is 21.5 Å². The van der Waals surface area contributed by atoms with Crippen molar-refractivity contribution in [3.05, 3.63) is 52.8 Å². The molecule has 2 unspecified atom stereocenters. The van der Waals surface area contributed by atoms with Crippen molar-refractivity contribution in [3.63, 3.8) is 0 Å². The lowest BCUT2D eigenvalue weighted by Gasteiger charge is -2.22. The molecule has 0 aliphatic rings. The molecule has 0 aliphatic heterocycles. The lowest BCUT2D eigenvalue weighted by Crippen LogP contribution is -2.28. The fourth-order valence-corrected chi connectivity index (χ4v) is 2.74. The molecule has 2 N–H and O–H groups in total. The van der Waals surface area contributed by atoms with Gasteiger partial charge in [-0.3, -0.25) is 4.68 Å². The molecular formula is C16H23N3O. The Morgan fingerprint density at radius 2 is 1.90 bits per heavy atom. The third-order valence-electron chi connectivity index (χ3n) is 3.83. The Balaban J connectivity index is 2.19. The van der Waals surface area contributed by atoms with Crippen molar-refractivity contribution in [1.29, 1.82) is 0 Å². The van der Waals surface area contributed by atoms with Gasteiger partial charge in [0.2, 0.25) is 0 Å². The van der Waals surface area contributed by atoms with E-state index in [1.807, 2.05) is 49.0 Å². The first-order chi connectivity index (χ1) is 9.54. The van der Waals surface area contributed by atoms with Crippen LogP contribution in [0.4, 0.5) is 0 Å². The molecule has 20 heavy (non-hydrogen) atoms. The first kappa shape index (κ1) is 14.8. The zero-order chi connectivity index (χ0) is 14.7. The number of rotatable bonds is 5. The van der Waals surface area contributed by atoms with Crippen molar-refractivity contribution >= 4 is 0 Å². The Hall–Kier alpha value is -1.65. The molecule has 0 bridgehead atoms. The van der Waals surface area contributed by atoms with E-state index in [0.29, 0.717) is 0 Å². The van der Waals surface area contributed by atoms with Crippen LogP contribution in [0.15, 0.2) is 30.3 Å². The Morgan fingerprint density at radius 1 is 1.25 bits per heavy atom. The van der Waals surface area contributed by atoms with Crippen LogP contribution < -0.4 is 5.32 Å². The van der Waals surface area contributed by atoms with Crippen LogP contribution in [0.2, 0.25) is 0 Å². The highest BCUT2D eigenvalue weighted by Crippen LogP contribution is 2.24. The summed E-state index contributed by atoms with van der Waals surface area (Å²) >= 11 is 0. The molecule has 108 valence electrons. The summed E-state index contributed by atoms with van der Waals surface area (Å²) < 4.78 is 1.90. The number of hydrogen-bond donors (Lipinski definition) is 2. The van der Waals surface area contributed by atoms with Crippen LogP contribution in [0.25, 0.3) is 0 Å². The van der Waals surface area contributed by atoms with Crippen molar-refractivity contribution in [2.75, 3.05) is 6.61 Å². The summed E-state index contributed by atoms with van der Waals surface area (Å²) in [5.41, 5.74) is 4.50. The number of hydrogen-bond acceptors (Lipinski definition) is 3. The van der Waals surface area contributed by atoms with Crippen molar-refractivity contribution < 1.29 is 5.11 Å². The SMILES string of the molecule is Cc1nn(C)c(C)c1C(C)NC(CO)c1ccccc1. The minimum Gasteiger partial charge on any atom is -0.394 e. The molecule has 1 heterocycles. The van der Waals surface area contributed by atoms with E-state index in [0.717, 1.165) is 17.0 Å². The molecule has 2 aromatic rings. The molecule has 0 amide bonds. The standard InChI is InChI=1S/C16H23N3O/c1-11(16-12(2)18-19(4)13(16)3)17-15(10-20)14-8-6-5-7-9-14/h5-9,11,15,17,20H,10H2,1-4H3. The van der Waals surface area contributed by atoms with Gasteiger partial charge < -0.3 is 10.4 Å². The Morgan fingerprint density at radius 3 is 2.40 bits per heavy atom. The molecule has 2 atom stereocenters. The molecule has 0 saturated carbocycles. The third-order valence-corrected chi connectivity index (χ3v) is 3.83. The number of nitrogens with one attached hydrogen (secondary N) is 1. The zero-order valence-electron chi connectivity index (χ0n) is 12.6. The van der Waals surface area contributed by atoms with Gasteiger partial charge in [-0.15, -0.1) is 0 Å². The van der Waals surface area contributed by atoms with E-state index in [9.17, 15) is 5.11 Å². The lowest BCUT2D eigenvalue weighted by atomic mass is 10.0. The number of benzene rings is 1. The van der Waals surface area contributed by atoms with Crippen LogP contribution >= 0.6 is 0 Å². The third kappa shape index (κ3) is 2.92. The van der Waals surface area contributed by atoms with Gasteiger partial charge in [0.05, 0.1) is 18.3 Å². The second-order valence-electron chi connectivity index (χ2n) is 5.24. The van der Waals surface area contributed by atoms with Crippen LogP contribution in [-0.2, 0) is 7.05 Å². The molecule has 0 spiro atoms. The zero-order valence-corrected chi connectivity index (χ0v) is 12.6. The van der Waals surface area contributed by atoms with Gasteiger partial charge in [-0.2, -0.15) is 5.10 Å². The second-order valence-corrected chi connectivity index (χ2v) is 5.24. The Kier molecular flexibility index (Phi) is 4.57. The quantitative estimate of drug-likeness (QED) is 0.879. The number of aryl methyl sites for hydroxylation is 2. The van der Waals surface area contributed by atoms with E-state index < -0.39 is 0 Å². The summed E-state index contributed by atoms with van der Waals surface area (Å²) in [4.78, 5) is 0. The van der Waals surface area contributed by atoms with E-state index in [1.165, 1.54) is 5.56 Å². The summed E-state index contributed by atoms with van der Waals surface area (Å²) in [5, 5.41) is 17.6. The fraction of sp³-hybridized carbons (Fsp3) is 0.438. The van der Waals surface area contributed by atoms with Crippen LogP contribution in [0.3, 0.4) is 0 Å². The largest absolute Gasteiger partial charge is 0.394 e. The normalized spacial score (nSPS) is 14.2. The van der Waals surface area contributed by atoms with E-state index in [1.54, 1.807) is 0 Å². The summed E-state index contributed by atoms with van der Waals surface area (Å²) in [5.74, 6) is 0. The van der Waals surface area contributed by atoms with Gasteiger partial charge in [-0.1, -0.05) is 30.3 Å². The maximum absolute atomic E-state index is 9.64. The minimum atomic E-state index is -0.0646. The topological polar surface area (TPSA) is 50.1 Å². The maximum Gasteiger partial charge on any atom is 0.0644 e. The number of aromatic nitrogens is 2. The predicted octanol–water partition coefficient (Wildman–Crippen LogP) is 2.42. The predicted molar refractivity (Wildman–Crippen MR) is 80.5 cm³/mol. The van der Waals surface area contributed by atoms with Gasteiger partial charge in [-0.05, 0) is 26.3 Å². The molecular weight excluding hydrogens is 250 g/mol. The van der Waals surface area contributed by atoms with Crippen LogP contribution in [0.5, 0.6) is 0 Å². The minimum absolute atomic E-state index is 0.0646. The van der Waals surface area contributed by atoms with Crippen LogP contribution in [0, 0.1) is 13.8 Å².